The van der Waals surface area contributed by atoms with Gasteiger partial charge in [-0.25, -0.2) is 4.79 Å². The first-order valence-electron chi connectivity index (χ1n) is 12.8. The number of primary amides is 1. The van der Waals surface area contributed by atoms with Crippen LogP contribution in [0.25, 0.3) is 0 Å². The largest absolute Gasteiger partial charge is 0.480 e. The lowest BCUT2D eigenvalue weighted by Crippen LogP contribution is -2.57. The Morgan fingerprint density at radius 2 is 1.72 bits per heavy atom. The average molecular weight is 547 g/mol. The summed E-state index contributed by atoms with van der Waals surface area (Å²) >= 11 is 0. The first kappa shape index (κ1) is 31.0. The van der Waals surface area contributed by atoms with Crippen LogP contribution in [0.3, 0.4) is 0 Å². The number of aliphatic carboxylic acids is 1. The fourth-order valence-corrected chi connectivity index (χ4v) is 4.32. The molecule has 0 aliphatic carbocycles. The summed E-state index contributed by atoms with van der Waals surface area (Å²) in [6.45, 7) is 0.418. The third kappa shape index (κ3) is 10.2. The quantitative estimate of drug-likeness (QED) is 0.0723. The van der Waals surface area contributed by atoms with Crippen molar-refractivity contribution < 1.29 is 29.1 Å². The first-order chi connectivity index (χ1) is 18.5. The molecule has 14 heteroatoms. The summed E-state index contributed by atoms with van der Waals surface area (Å²) in [5, 5.41) is 14.6. The summed E-state index contributed by atoms with van der Waals surface area (Å²) in [7, 11) is 0. The van der Waals surface area contributed by atoms with Crippen LogP contribution in [0.2, 0.25) is 0 Å². The maximum absolute atomic E-state index is 13.5. The molecule has 0 radical (unpaired) electrons. The fraction of sp³-hybridized carbons (Fsp3) is 0.520. The number of rotatable bonds is 15. The van der Waals surface area contributed by atoms with Crippen molar-refractivity contribution in [3.8, 4) is 0 Å². The van der Waals surface area contributed by atoms with Crippen LogP contribution in [0.5, 0.6) is 0 Å². The number of hydrogen-bond acceptors (Lipinski definition) is 7. The summed E-state index contributed by atoms with van der Waals surface area (Å²) in [6.07, 6.45) is 1.18. The molecular formula is C25H38N8O6. The Morgan fingerprint density at radius 1 is 1.03 bits per heavy atom. The number of amides is 4. The summed E-state index contributed by atoms with van der Waals surface area (Å²) < 4.78 is 0. The Morgan fingerprint density at radius 3 is 2.33 bits per heavy atom. The standard InChI is InChI=1S/C25H38N8O6/c26-16(14-15-6-2-1-3-7-15)21(35)31-17(10-11-20(27)34)23(37)33-13-5-9-19(33)22(36)32-18(24(38)39)8-4-12-30-25(28)29/h1-3,6-7,16-19H,4-5,8-14,26H2,(H2,27,34)(H,31,35)(H,32,36)(H,38,39)(H4,28,29,30). The van der Waals surface area contributed by atoms with Crippen LogP contribution in [0, 0.1) is 0 Å². The van der Waals surface area contributed by atoms with Gasteiger partial charge in [-0.1, -0.05) is 30.3 Å². The van der Waals surface area contributed by atoms with Crippen molar-refractivity contribution in [2.75, 3.05) is 13.1 Å². The number of benzene rings is 1. The molecule has 0 saturated carbocycles. The van der Waals surface area contributed by atoms with E-state index in [4.69, 9.17) is 22.9 Å². The van der Waals surface area contributed by atoms with Gasteiger partial charge in [-0.2, -0.15) is 0 Å². The second-order valence-electron chi connectivity index (χ2n) is 9.40. The Balaban J connectivity index is 2.08. The van der Waals surface area contributed by atoms with Gasteiger partial charge in [0, 0.05) is 19.5 Å². The van der Waals surface area contributed by atoms with E-state index in [0.29, 0.717) is 19.3 Å². The van der Waals surface area contributed by atoms with Crippen molar-refractivity contribution in [1.82, 2.24) is 15.5 Å². The van der Waals surface area contributed by atoms with Gasteiger partial charge in [0.15, 0.2) is 5.96 Å². The molecule has 2 rings (SSSR count). The Hall–Kier alpha value is -4.20. The van der Waals surface area contributed by atoms with E-state index < -0.39 is 53.8 Å². The van der Waals surface area contributed by atoms with Crippen molar-refractivity contribution in [3.05, 3.63) is 35.9 Å². The van der Waals surface area contributed by atoms with Crippen LogP contribution in [0.15, 0.2) is 35.3 Å². The molecule has 14 nitrogen and oxygen atoms in total. The third-order valence-corrected chi connectivity index (χ3v) is 6.33. The summed E-state index contributed by atoms with van der Waals surface area (Å²) in [5.74, 6) is -3.80. The molecule has 1 aliphatic rings. The van der Waals surface area contributed by atoms with Gasteiger partial charge in [0.25, 0.3) is 0 Å². The highest BCUT2D eigenvalue weighted by Gasteiger charge is 2.39. The van der Waals surface area contributed by atoms with Crippen molar-refractivity contribution in [2.45, 2.75) is 69.1 Å². The Labute approximate surface area is 226 Å². The molecule has 0 bridgehead atoms. The molecule has 1 aromatic carbocycles. The number of nitrogens with two attached hydrogens (primary N) is 4. The van der Waals surface area contributed by atoms with Crippen LogP contribution in [0.1, 0.15) is 44.1 Å². The summed E-state index contributed by atoms with van der Waals surface area (Å²) in [4.78, 5) is 67.5. The second-order valence-corrected chi connectivity index (χ2v) is 9.40. The summed E-state index contributed by atoms with van der Waals surface area (Å²) in [6, 6.07) is 4.87. The molecule has 1 aliphatic heterocycles. The van der Waals surface area contributed by atoms with E-state index in [-0.39, 0.29) is 44.7 Å². The number of hydrogen-bond donors (Lipinski definition) is 7. The third-order valence-electron chi connectivity index (χ3n) is 6.33. The van der Waals surface area contributed by atoms with Crippen LogP contribution >= 0.6 is 0 Å². The highest BCUT2D eigenvalue weighted by atomic mass is 16.4. The molecule has 39 heavy (non-hydrogen) atoms. The highest BCUT2D eigenvalue weighted by Crippen LogP contribution is 2.20. The van der Waals surface area contributed by atoms with Gasteiger partial charge in [0.05, 0.1) is 6.04 Å². The number of likely N-dealkylation sites (tertiary alicyclic amines) is 1. The van der Waals surface area contributed by atoms with E-state index in [1.807, 2.05) is 30.3 Å². The molecular weight excluding hydrogens is 508 g/mol. The van der Waals surface area contributed by atoms with Crippen LogP contribution < -0.4 is 33.6 Å². The lowest BCUT2D eigenvalue weighted by Gasteiger charge is -2.30. The van der Waals surface area contributed by atoms with Gasteiger partial charge in [0.2, 0.25) is 23.6 Å². The number of carbonyl (C=O) groups is 5. The number of nitrogens with zero attached hydrogens (tertiary/aromatic N) is 2. The molecule has 4 amide bonds. The van der Waals surface area contributed by atoms with Crippen molar-refractivity contribution in [1.29, 1.82) is 0 Å². The van der Waals surface area contributed by atoms with E-state index in [2.05, 4.69) is 15.6 Å². The fourth-order valence-electron chi connectivity index (χ4n) is 4.32. The zero-order valence-electron chi connectivity index (χ0n) is 21.8. The highest BCUT2D eigenvalue weighted by molar-refractivity contribution is 5.94. The van der Waals surface area contributed by atoms with Gasteiger partial charge < -0.3 is 43.6 Å². The zero-order valence-corrected chi connectivity index (χ0v) is 21.8. The molecule has 1 aromatic rings. The lowest BCUT2D eigenvalue weighted by atomic mass is 10.0. The lowest BCUT2D eigenvalue weighted by molar-refractivity contribution is -0.145. The number of carboxylic acids is 1. The summed E-state index contributed by atoms with van der Waals surface area (Å²) in [5.41, 5.74) is 22.7. The molecule has 214 valence electrons. The molecule has 1 heterocycles. The maximum Gasteiger partial charge on any atom is 0.326 e. The van der Waals surface area contributed by atoms with E-state index in [1.165, 1.54) is 4.90 Å². The van der Waals surface area contributed by atoms with E-state index in [9.17, 15) is 29.1 Å². The van der Waals surface area contributed by atoms with Gasteiger partial charge in [-0.05, 0) is 44.1 Å². The smallest absolute Gasteiger partial charge is 0.326 e. The van der Waals surface area contributed by atoms with E-state index in [0.717, 1.165) is 5.56 Å². The molecule has 4 atom stereocenters. The number of carbonyl (C=O) groups excluding carboxylic acids is 4. The zero-order chi connectivity index (χ0) is 28.9. The molecule has 11 N–H and O–H groups in total. The number of carboxylic acid groups (broad SMARTS) is 1. The SMILES string of the molecule is NC(=O)CCC(NC(=O)C(N)Cc1ccccc1)C(=O)N1CCCC1C(=O)NC(CCCN=C(N)N)C(=O)O. The van der Waals surface area contributed by atoms with Gasteiger partial charge in [0.1, 0.15) is 18.1 Å². The van der Waals surface area contributed by atoms with Gasteiger partial charge >= 0.3 is 5.97 Å². The minimum atomic E-state index is -1.23. The molecule has 1 fully saturated rings. The van der Waals surface area contributed by atoms with Crippen LogP contribution in [-0.2, 0) is 30.4 Å². The molecule has 0 spiro atoms. The predicted molar refractivity (Wildman–Crippen MR) is 143 cm³/mol. The van der Waals surface area contributed by atoms with E-state index >= 15 is 0 Å². The predicted octanol–water partition coefficient (Wildman–Crippen LogP) is -2.08. The van der Waals surface area contributed by atoms with Crippen LogP contribution in [-0.4, -0.2) is 82.8 Å². The van der Waals surface area contributed by atoms with Gasteiger partial charge in [-0.15, -0.1) is 0 Å². The number of aliphatic imine (C=N–C) groups is 1. The minimum absolute atomic E-state index is 0.0780. The molecule has 1 saturated heterocycles. The minimum Gasteiger partial charge on any atom is -0.480 e. The molecule has 4 unspecified atom stereocenters. The van der Waals surface area contributed by atoms with Crippen molar-refractivity contribution in [2.24, 2.45) is 27.9 Å². The first-order valence-corrected chi connectivity index (χ1v) is 12.8. The Kier molecular flexibility index (Phi) is 12.1. The monoisotopic (exact) mass is 546 g/mol. The normalized spacial score (nSPS) is 16.9. The second kappa shape index (κ2) is 15.3. The van der Waals surface area contributed by atoms with Gasteiger partial charge in [-0.3, -0.25) is 24.2 Å². The number of nitrogens with one attached hydrogen (secondary N) is 2. The average Bonchev–Trinajstić information content (AvgIpc) is 3.38. The van der Waals surface area contributed by atoms with Crippen molar-refractivity contribution in [3.63, 3.8) is 0 Å². The Bertz CT molecular complexity index is 1050. The van der Waals surface area contributed by atoms with Crippen LogP contribution in [0.4, 0.5) is 0 Å². The number of guanidine groups is 1. The van der Waals surface area contributed by atoms with E-state index in [1.54, 1.807) is 0 Å². The maximum atomic E-state index is 13.5. The molecule has 0 aromatic heterocycles. The topological polar surface area (TPSA) is 249 Å². The van der Waals surface area contributed by atoms with Crippen molar-refractivity contribution >= 4 is 35.6 Å².